The summed E-state index contributed by atoms with van der Waals surface area (Å²) >= 11 is 0. The Hall–Kier alpha value is -1.91. The molecule has 0 saturated carbocycles. The summed E-state index contributed by atoms with van der Waals surface area (Å²) in [5.41, 5.74) is -0.269. The minimum atomic E-state index is -0.466. The zero-order valence-corrected chi connectivity index (χ0v) is 15.8. The van der Waals surface area contributed by atoms with Gasteiger partial charge in [0.15, 0.2) is 0 Å². The highest BCUT2D eigenvalue weighted by Gasteiger charge is 2.29. The Labute approximate surface area is 145 Å². The van der Waals surface area contributed by atoms with Crippen molar-refractivity contribution in [3.8, 4) is 0 Å². The molecule has 0 N–H and O–H groups in total. The minimum absolute atomic E-state index is 0.0303. The van der Waals surface area contributed by atoms with Crippen molar-refractivity contribution in [3.63, 3.8) is 0 Å². The van der Waals surface area contributed by atoms with Gasteiger partial charge in [-0.25, -0.2) is 9.59 Å². The van der Waals surface area contributed by atoms with E-state index in [0.29, 0.717) is 11.1 Å². The van der Waals surface area contributed by atoms with Crippen molar-refractivity contribution in [1.29, 1.82) is 0 Å². The molecular weight excluding hydrogens is 308 g/mol. The van der Waals surface area contributed by atoms with Crippen LogP contribution in [0.2, 0.25) is 0 Å². The summed E-state index contributed by atoms with van der Waals surface area (Å²) in [6.07, 6.45) is 0.544. The van der Waals surface area contributed by atoms with Crippen molar-refractivity contribution in [2.45, 2.75) is 54.4 Å². The summed E-state index contributed by atoms with van der Waals surface area (Å²) in [6, 6.07) is 0. The van der Waals surface area contributed by atoms with Crippen molar-refractivity contribution < 1.29 is 23.9 Å². The summed E-state index contributed by atoms with van der Waals surface area (Å²) in [6.45, 7) is 18.0. The summed E-state index contributed by atoms with van der Waals surface area (Å²) < 4.78 is 10.3. The van der Waals surface area contributed by atoms with Crippen LogP contribution < -0.4 is 0 Å². The monoisotopic (exact) mass is 338 g/mol. The van der Waals surface area contributed by atoms with Crippen LogP contribution in [0.3, 0.4) is 0 Å². The number of esters is 2. The zero-order chi connectivity index (χ0) is 19.1. The predicted molar refractivity (Wildman–Crippen MR) is 93.3 cm³/mol. The van der Waals surface area contributed by atoms with Crippen LogP contribution in [0.1, 0.15) is 54.4 Å². The Morgan fingerprint density at radius 2 is 1.04 bits per heavy atom. The third-order valence-electron chi connectivity index (χ3n) is 3.24. The first kappa shape index (κ1) is 22.1. The van der Waals surface area contributed by atoms with Crippen LogP contribution in [-0.4, -0.2) is 30.9 Å². The van der Waals surface area contributed by atoms with Crippen LogP contribution in [0.4, 0.5) is 0 Å². The van der Waals surface area contributed by atoms with Gasteiger partial charge in [-0.15, -0.1) is 0 Å². The molecule has 0 atom stereocenters. The summed E-state index contributed by atoms with van der Waals surface area (Å²) in [4.78, 5) is 35.2. The van der Waals surface area contributed by atoms with Crippen molar-refractivity contribution in [3.05, 3.63) is 24.3 Å². The van der Waals surface area contributed by atoms with Crippen molar-refractivity contribution in [2.75, 3.05) is 13.2 Å². The second-order valence-electron chi connectivity index (χ2n) is 7.93. The molecular formula is C19H30O5. The molecule has 136 valence electrons. The average molecular weight is 338 g/mol. The second kappa shape index (κ2) is 8.81. The maximum Gasteiger partial charge on any atom is 0.333 e. The molecule has 0 unspecified atom stereocenters. The van der Waals surface area contributed by atoms with Gasteiger partial charge < -0.3 is 9.47 Å². The smallest absolute Gasteiger partial charge is 0.333 e. The lowest BCUT2D eigenvalue weighted by molar-refractivity contribution is -0.144. The van der Waals surface area contributed by atoms with Gasteiger partial charge in [0.05, 0.1) is 13.2 Å². The van der Waals surface area contributed by atoms with Gasteiger partial charge in [-0.3, -0.25) is 4.79 Å². The Bertz CT molecular complexity index is 480. The number of carbonyl (C=O) groups excluding carboxylic acids is 3. The van der Waals surface area contributed by atoms with Gasteiger partial charge in [0.1, 0.15) is 5.78 Å². The standard InChI is InChI=1S/C19H30O5/c1-13(2)16(21)23-11-18(5,6)9-15(20)10-19(7,8)12-24-17(22)14(3)4/h1,3,9-12H2,2,4-8H3. The number of carbonyl (C=O) groups is 3. The SMILES string of the molecule is C=C(C)C(=O)OCC(C)(C)CC(=O)CC(C)(C)COC(=O)C(=C)C. The highest BCUT2D eigenvalue weighted by molar-refractivity contribution is 5.87. The molecule has 0 aromatic carbocycles. The largest absolute Gasteiger partial charge is 0.462 e. The number of ether oxygens (including phenoxy) is 2. The molecule has 0 aliphatic heterocycles. The van der Waals surface area contributed by atoms with E-state index in [1.807, 2.05) is 27.7 Å². The summed E-state index contributed by atoms with van der Waals surface area (Å²) in [5, 5.41) is 0. The van der Waals surface area contributed by atoms with Gasteiger partial charge >= 0.3 is 11.9 Å². The molecule has 0 radical (unpaired) electrons. The molecule has 0 bridgehead atoms. The molecule has 0 aliphatic carbocycles. The summed E-state index contributed by atoms with van der Waals surface area (Å²) in [5.74, 6) is -0.882. The molecule has 0 aliphatic rings. The van der Waals surface area contributed by atoms with E-state index in [2.05, 4.69) is 13.2 Å². The third kappa shape index (κ3) is 9.28. The maximum absolute atomic E-state index is 12.3. The quantitative estimate of drug-likeness (QED) is 0.449. The van der Waals surface area contributed by atoms with E-state index < -0.39 is 22.8 Å². The normalized spacial score (nSPS) is 11.6. The number of ketones is 1. The number of Topliss-reactive ketones (excluding diaryl/α,β-unsaturated/α-hetero) is 1. The van der Waals surface area contributed by atoms with E-state index >= 15 is 0 Å². The molecule has 0 aromatic rings. The second-order valence-corrected chi connectivity index (χ2v) is 7.93. The van der Waals surface area contributed by atoms with E-state index in [-0.39, 0.29) is 31.8 Å². The van der Waals surface area contributed by atoms with Gasteiger partial charge in [-0.05, 0) is 13.8 Å². The highest BCUT2D eigenvalue weighted by Crippen LogP contribution is 2.28. The van der Waals surface area contributed by atoms with Crippen molar-refractivity contribution in [2.24, 2.45) is 10.8 Å². The Balaban J connectivity index is 4.48. The molecule has 5 nitrogen and oxygen atoms in total. The first-order chi connectivity index (χ1) is 10.8. The fourth-order valence-corrected chi connectivity index (χ4v) is 2.00. The molecule has 5 heteroatoms. The predicted octanol–water partition coefficient (Wildman–Crippen LogP) is 3.63. The Kier molecular flexibility index (Phi) is 8.11. The first-order valence-electron chi connectivity index (χ1n) is 7.93. The Morgan fingerprint density at radius 1 is 0.750 bits per heavy atom. The van der Waals surface area contributed by atoms with E-state index in [4.69, 9.17) is 9.47 Å². The van der Waals surface area contributed by atoms with Crippen molar-refractivity contribution in [1.82, 2.24) is 0 Å². The van der Waals surface area contributed by atoms with E-state index in [9.17, 15) is 14.4 Å². The van der Waals surface area contributed by atoms with Crippen LogP contribution in [0.15, 0.2) is 24.3 Å². The number of hydrogen-bond donors (Lipinski definition) is 0. The molecule has 0 saturated heterocycles. The van der Waals surface area contributed by atoms with Crippen LogP contribution >= 0.6 is 0 Å². The lowest BCUT2D eigenvalue weighted by Crippen LogP contribution is -2.29. The molecule has 0 heterocycles. The van der Waals surface area contributed by atoms with E-state index in [0.717, 1.165) is 0 Å². The maximum atomic E-state index is 12.3. The van der Waals surface area contributed by atoms with Gasteiger partial charge in [-0.1, -0.05) is 40.9 Å². The average Bonchev–Trinajstić information content (AvgIpc) is 2.40. The lowest BCUT2D eigenvalue weighted by atomic mass is 9.81. The molecule has 0 fully saturated rings. The van der Waals surface area contributed by atoms with Crippen LogP contribution in [0.5, 0.6) is 0 Å². The fraction of sp³-hybridized carbons (Fsp3) is 0.632. The number of rotatable bonds is 10. The van der Waals surface area contributed by atoms with Gasteiger partial charge in [0.25, 0.3) is 0 Å². The van der Waals surface area contributed by atoms with Gasteiger partial charge in [0.2, 0.25) is 0 Å². The first-order valence-corrected chi connectivity index (χ1v) is 7.93. The Morgan fingerprint density at radius 3 is 1.29 bits per heavy atom. The van der Waals surface area contributed by atoms with Crippen LogP contribution in [-0.2, 0) is 23.9 Å². The van der Waals surface area contributed by atoms with Gasteiger partial charge in [-0.2, -0.15) is 0 Å². The molecule has 0 aromatic heterocycles. The zero-order valence-electron chi connectivity index (χ0n) is 15.8. The van der Waals surface area contributed by atoms with Crippen LogP contribution in [0.25, 0.3) is 0 Å². The highest BCUT2D eigenvalue weighted by atomic mass is 16.5. The lowest BCUT2D eigenvalue weighted by Gasteiger charge is -2.27. The molecule has 24 heavy (non-hydrogen) atoms. The summed E-state index contributed by atoms with van der Waals surface area (Å²) in [7, 11) is 0. The van der Waals surface area contributed by atoms with E-state index in [1.165, 1.54) is 0 Å². The molecule has 0 amide bonds. The minimum Gasteiger partial charge on any atom is -0.462 e. The third-order valence-corrected chi connectivity index (χ3v) is 3.24. The van der Waals surface area contributed by atoms with Crippen molar-refractivity contribution >= 4 is 17.7 Å². The number of hydrogen-bond acceptors (Lipinski definition) is 5. The van der Waals surface area contributed by atoms with E-state index in [1.54, 1.807) is 13.8 Å². The fourth-order valence-electron chi connectivity index (χ4n) is 2.00. The molecule has 0 rings (SSSR count). The van der Waals surface area contributed by atoms with Gasteiger partial charge in [0, 0.05) is 34.8 Å². The topological polar surface area (TPSA) is 69.7 Å². The molecule has 0 spiro atoms. The van der Waals surface area contributed by atoms with Crippen LogP contribution in [0, 0.1) is 10.8 Å².